The molecule has 0 spiro atoms. The van der Waals surface area contributed by atoms with Crippen LogP contribution in [0.4, 0.5) is 0 Å². The molecule has 0 aromatic heterocycles. The molecule has 3 atom stereocenters. The van der Waals surface area contributed by atoms with E-state index in [-0.39, 0.29) is 17.9 Å². The van der Waals surface area contributed by atoms with E-state index in [1.54, 1.807) is 18.1 Å². The first-order chi connectivity index (χ1) is 12.1. The molecule has 0 bridgehead atoms. The molecule has 6 heteroatoms. The number of nitrogens with zero attached hydrogens (tertiary/aromatic N) is 1. The number of fused-ring (bicyclic) bond motifs is 1. The third-order valence-corrected chi connectivity index (χ3v) is 4.80. The predicted octanol–water partition coefficient (Wildman–Crippen LogP) is 1.30. The Morgan fingerprint density at radius 1 is 1.32 bits per heavy atom. The highest BCUT2D eigenvalue weighted by Gasteiger charge is 2.43. The van der Waals surface area contributed by atoms with E-state index in [4.69, 9.17) is 9.47 Å². The predicted molar refractivity (Wildman–Crippen MR) is 93.3 cm³/mol. The number of benzene rings is 1. The number of hydrogen-bond acceptors (Lipinski definition) is 4. The van der Waals surface area contributed by atoms with Gasteiger partial charge in [-0.15, -0.1) is 6.58 Å². The zero-order chi connectivity index (χ0) is 17.8. The largest absolute Gasteiger partial charge is 0.497 e. The summed E-state index contributed by atoms with van der Waals surface area (Å²) in [5.41, 5.74) is 0.988. The summed E-state index contributed by atoms with van der Waals surface area (Å²) in [5.74, 6) is 0.664. The molecule has 3 rings (SSSR count). The molecule has 0 saturated carbocycles. The molecule has 2 aliphatic heterocycles. The summed E-state index contributed by atoms with van der Waals surface area (Å²) in [6, 6.07) is 6.61. The number of rotatable bonds is 6. The summed E-state index contributed by atoms with van der Waals surface area (Å²) < 4.78 is 10.8. The van der Waals surface area contributed by atoms with Crippen molar-refractivity contribution >= 4 is 11.8 Å². The lowest BCUT2D eigenvalue weighted by atomic mass is 9.93. The number of hydrogen-bond donors (Lipinski definition) is 1. The summed E-state index contributed by atoms with van der Waals surface area (Å²) in [6.45, 7) is 4.66. The quantitative estimate of drug-likeness (QED) is 0.790. The Hall–Kier alpha value is -2.34. The van der Waals surface area contributed by atoms with Crippen LogP contribution in [0.25, 0.3) is 0 Å². The minimum atomic E-state index is -0.511. The smallest absolute Gasteiger partial charge is 0.246 e. The lowest BCUT2D eigenvalue weighted by Gasteiger charge is -2.43. The number of piperidine rings is 1. The van der Waals surface area contributed by atoms with Crippen LogP contribution in [0.5, 0.6) is 5.75 Å². The van der Waals surface area contributed by atoms with E-state index < -0.39 is 12.1 Å². The van der Waals surface area contributed by atoms with Gasteiger partial charge >= 0.3 is 0 Å². The summed E-state index contributed by atoms with van der Waals surface area (Å²) >= 11 is 0. The van der Waals surface area contributed by atoms with E-state index in [9.17, 15) is 9.59 Å². The molecular weight excluding hydrogens is 320 g/mol. The zero-order valence-corrected chi connectivity index (χ0v) is 14.4. The van der Waals surface area contributed by atoms with Crippen molar-refractivity contribution in [1.82, 2.24) is 10.2 Å². The van der Waals surface area contributed by atoms with Crippen LogP contribution in [0.1, 0.15) is 18.4 Å². The monoisotopic (exact) mass is 344 g/mol. The SMILES string of the molecule is C=CCOC1CCN2C(=O)C(Cc3ccc(OC)cc3)NC(=O)C2C1. The van der Waals surface area contributed by atoms with Crippen LogP contribution in [0.2, 0.25) is 0 Å². The van der Waals surface area contributed by atoms with Crippen molar-refractivity contribution in [2.45, 2.75) is 37.5 Å². The van der Waals surface area contributed by atoms with E-state index in [1.807, 2.05) is 24.3 Å². The molecule has 0 radical (unpaired) electrons. The Balaban J connectivity index is 1.65. The number of piperazine rings is 1. The summed E-state index contributed by atoms with van der Waals surface area (Å²) in [7, 11) is 1.61. The van der Waals surface area contributed by atoms with Crippen LogP contribution in [-0.4, -0.2) is 55.2 Å². The number of carbonyl (C=O) groups is 2. The number of carbonyl (C=O) groups excluding carboxylic acids is 2. The molecule has 134 valence electrons. The van der Waals surface area contributed by atoms with Gasteiger partial charge in [0.25, 0.3) is 0 Å². The van der Waals surface area contributed by atoms with Gasteiger partial charge in [-0.2, -0.15) is 0 Å². The lowest BCUT2D eigenvalue weighted by molar-refractivity contribution is -0.154. The van der Waals surface area contributed by atoms with Gasteiger partial charge in [-0.05, 0) is 24.1 Å². The van der Waals surface area contributed by atoms with E-state index in [0.29, 0.717) is 26.0 Å². The minimum Gasteiger partial charge on any atom is -0.497 e. The molecule has 2 aliphatic rings. The topological polar surface area (TPSA) is 67.9 Å². The highest BCUT2D eigenvalue weighted by Crippen LogP contribution is 2.25. The molecule has 25 heavy (non-hydrogen) atoms. The van der Waals surface area contributed by atoms with Crippen molar-refractivity contribution in [1.29, 1.82) is 0 Å². The van der Waals surface area contributed by atoms with Gasteiger partial charge in [0.05, 0.1) is 19.8 Å². The average molecular weight is 344 g/mol. The maximum atomic E-state index is 12.8. The standard InChI is InChI=1S/C19H24N2O4/c1-3-10-25-15-8-9-21-17(12-15)18(22)20-16(19(21)23)11-13-4-6-14(24-2)7-5-13/h3-7,15-17H,1,8-12H2,2H3,(H,20,22). The number of ether oxygens (including phenoxy) is 2. The molecule has 1 N–H and O–H groups in total. The van der Waals surface area contributed by atoms with E-state index in [2.05, 4.69) is 11.9 Å². The van der Waals surface area contributed by atoms with Crippen LogP contribution in [0.15, 0.2) is 36.9 Å². The fourth-order valence-corrected chi connectivity index (χ4v) is 3.47. The maximum Gasteiger partial charge on any atom is 0.246 e. The van der Waals surface area contributed by atoms with Gasteiger partial charge in [-0.3, -0.25) is 9.59 Å². The first kappa shape index (κ1) is 17.5. The van der Waals surface area contributed by atoms with E-state index >= 15 is 0 Å². The number of amides is 2. The van der Waals surface area contributed by atoms with Crippen molar-refractivity contribution in [3.63, 3.8) is 0 Å². The summed E-state index contributed by atoms with van der Waals surface area (Å²) in [5, 5.41) is 2.88. The first-order valence-corrected chi connectivity index (χ1v) is 8.58. The van der Waals surface area contributed by atoms with Crippen LogP contribution in [0.3, 0.4) is 0 Å². The Kier molecular flexibility index (Phi) is 5.38. The first-order valence-electron chi connectivity index (χ1n) is 8.58. The Labute approximate surface area is 147 Å². The third kappa shape index (κ3) is 3.85. The lowest BCUT2D eigenvalue weighted by Crippen LogP contribution is -2.66. The van der Waals surface area contributed by atoms with Gasteiger partial charge in [0.15, 0.2) is 0 Å². The Bertz CT molecular complexity index is 643. The maximum absolute atomic E-state index is 12.8. The normalized spacial score (nSPS) is 26.0. The highest BCUT2D eigenvalue weighted by atomic mass is 16.5. The van der Waals surface area contributed by atoms with Crippen LogP contribution < -0.4 is 10.1 Å². The average Bonchev–Trinajstić information content (AvgIpc) is 2.64. The summed E-state index contributed by atoms with van der Waals surface area (Å²) in [6.07, 6.45) is 3.47. The van der Waals surface area contributed by atoms with Crippen LogP contribution in [0, 0.1) is 0 Å². The molecule has 2 amide bonds. The molecular formula is C19H24N2O4. The van der Waals surface area contributed by atoms with E-state index in [1.165, 1.54) is 0 Å². The van der Waals surface area contributed by atoms with Crippen LogP contribution >= 0.6 is 0 Å². The van der Waals surface area contributed by atoms with Crippen molar-refractivity contribution in [2.75, 3.05) is 20.3 Å². The third-order valence-electron chi connectivity index (χ3n) is 4.80. The number of methoxy groups -OCH3 is 1. The molecule has 2 fully saturated rings. The van der Waals surface area contributed by atoms with Gasteiger partial charge in [0.1, 0.15) is 17.8 Å². The van der Waals surface area contributed by atoms with Gasteiger partial charge in [0, 0.05) is 19.4 Å². The second-order valence-corrected chi connectivity index (χ2v) is 6.43. The molecule has 0 aliphatic carbocycles. The van der Waals surface area contributed by atoms with Gasteiger partial charge in [-0.1, -0.05) is 18.2 Å². The van der Waals surface area contributed by atoms with Crippen molar-refractivity contribution in [3.8, 4) is 5.75 Å². The molecule has 1 aromatic carbocycles. The van der Waals surface area contributed by atoms with Crippen molar-refractivity contribution in [3.05, 3.63) is 42.5 Å². The summed E-state index contributed by atoms with van der Waals surface area (Å²) in [4.78, 5) is 27.0. The van der Waals surface area contributed by atoms with Crippen molar-refractivity contribution in [2.24, 2.45) is 0 Å². The van der Waals surface area contributed by atoms with Gasteiger partial charge in [0.2, 0.25) is 11.8 Å². The fraction of sp³-hybridized carbons (Fsp3) is 0.474. The molecule has 2 saturated heterocycles. The molecule has 1 aromatic rings. The second-order valence-electron chi connectivity index (χ2n) is 6.43. The Morgan fingerprint density at radius 2 is 2.08 bits per heavy atom. The number of nitrogens with one attached hydrogen (secondary N) is 1. The molecule has 3 unspecified atom stereocenters. The van der Waals surface area contributed by atoms with Crippen LogP contribution in [-0.2, 0) is 20.7 Å². The van der Waals surface area contributed by atoms with Gasteiger partial charge < -0.3 is 19.7 Å². The zero-order valence-electron chi connectivity index (χ0n) is 14.4. The van der Waals surface area contributed by atoms with Crippen molar-refractivity contribution < 1.29 is 19.1 Å². The molecule has 6 nitrogen and oxygen atoms in total. The Morgan fingerprint density at radius 3 is 2.76 bits per heavy atom. The fourth-order valence-electron chi connectivity index (χ4n) is 3.47. The van der Waals surface area contributed by atoms with Gasteiger partial charge in [-0.25, -0.2) is 0 Å². The molecule has 2 heterocycles. The highest BCUT2D eigenvalue weighted by molar-refractivity contribution is 5.97. The second kappa shape index (κ2) is 7.70. The minimum absolute atomic E-state index is 0.00376. The van der Waals surface area contributed by atoms with E-state index in [0.717, 1.165) is 17.7 Å².